The first kappa shape index (κ1) is 18.8. The van der Waals surface area contributed by atoms with E-state index in [4.69, 9.17) is 16.3 Å². The highest BCUT2D eigenvalue weighted by atomic mass is 35.5. The molecule has 8 heteroatoms. The Bertz CT molecular complexity index is 1230. The highest BCUT2D eigenvalue weighted by molar-refractivity contribution is 6.30. The van der Waals surface area contributed by atoms with Crippen molar-refractivity contribution in [2.75, 3.05) is 12.4 Å². The van der Waals surface area contributed by atoms with Crippen LogP contribution in [0.3, 0.4) is 0 Å². The number of methoxy groups -OCH3 is 1. The predicted octanol–water partition coefficient (Wildman–Crippen LogP) is 5.01. The number of nitrogens with one attached hydrogen (secondary N) is 1. The van der Waals surface area contributed by atoms with E-state index in [1.807, 2.05) is 0 Å². The summed E-state index contributed by atoms with van der Waals surface area (Å²) in [5.74, 6) is -0.885. The maximum absolute atomic E-state index is 14.2. The van der Waals surface area contributed by atoms with E-state index in [1.165, 1.54) is 31.5 Å². The van der Waals surface area contributed by atoms with Gasteiger partial charge in [-0.1, -0.05) is 11.6 Å². The summed E-state index contributed by atoms with van der Waals surface area (Å²) < 4.78 is 19.0. The standard InChI is InChI=1S/C21H14ClFN4O2/c1-29-21(28)12-2-5-18-16(8-12)19(6-7-24-18)26-14-10-20(27-25-11-14)15-9-13(22)3-4-17(15)23/h2-11H,1H3,(H,24,26,27). The maximum Gasteiger partial charge on any atom is 0.337 e. The molecular weight excluding hydrogens is 395 g/mol. The van der Waals surface area contributed by atoms with E-state index in [0.29, 0.717) is 33.2 Å². The van der Waals surface area contributed by atoms with Gasteiger partial charge < -0.3 is 10.1 Å². The Hall–Kier alpha value is -3.58. The lowest BCUT2D eigenvalue weighted by atomic mass is 10.1. The first-order valence-corrected chi connectivity index (χ1v) is 8.95. The summed E-state index contributed by atoms with van der Waals surface area (Å²) >= 11 is 5.98. The molecule has 0 saturated carbocycles. The number of pyridine rings is 1. The van der Waals surface area contributed by atoms with Crippen molar-refractivity contribution in [2.45, 2.75) is 0 Å². The van der Waals surface area contributed by atoms with Gasteiger partial charge in [-0.2, -0.15) is 10.2 Å². The highest BCUT2D eigenvalue weighted by Crippen LogP contribution is 2.29. The largest absolute Gasteiger partial charge is 0.465 e. The van der Waals surface area contributed by atoms with Crippen LogP contribution in [0, 0.1) is 5.82 Å². The summed E-state index contributed by atoms with van der Waals surface area (Å²) in [5, 5.41) is 12.3. The number of rotatable bonds is 4. The molecule has 2 aromatic carbocycles. The zero-order chi connectivity index (χ0) is 20.4. The third kappa shape index (κ3) is 3.86. The number of ether oxygens (including phenoxy) is 1. The second kappa shape index (κ2) is 7.81. The van der Waals surface area contributed by atoms with Crippen LogP contribution in [-0.4, -0.2) is 28.3 Å². The second-order valence-corrected chi connectivity index (χ2v) is 6.60. The SMILES string of the molecule is COC(=O)c1ccc2nccc(Nc3cnnc(-c4cc(Cl)ccc4F)c3)c2c1. The molecule has 0 bridgehead atoms. The van der Waals surface area contributed by atoms with E-state index in [2.05, 4.69) is 20.5 Å². The lowest BCUT2D eigenvalue weighted by Gasteiger charge is -2.11. The van der Waals surface area contributed by atoms with E-state index >= 15 is 0 Å². The molecule has 0 aliphatic rings. The topological polar surface area (TPSA) is 77.0 Å². The van der Waals surface area contributed by atoms with E-state index in [9.17, 15) is 9.18 Å². The van der Waals surface area contributed by atoms with Crippen LogP contribution in [0.2, 0.25) is 5.02 Å². The fourth-order valence-electron chi connectivity index (χ4n) is 2.92. The molecular formula is C21H14ClFN4O2. The van der Waals surface area contributed by atoms with Gasteiger partial charge in [0.15, 0.2) is 0 Å². The number of halogens is 2. The van der Waals surface area contributed by atoms with Crippen molar-refractivity contribution in [1.82, 2.24) is 15.2 Å². The fourth-order valence-corrected chi connectivity index (χ4v) is 3.09. The Labute approximate surface area is 170 Å². The molecule has 4 rings (SSSR count). The molecule has 0 saturated heterocycles. The number of carbonyl (C=O) groups excluding carboxylic acids is 1. The van der Waals surface area contributed by atoms with E-state index < -0.39 is 11.8 Å². The third-order valence-corrected chi connectivity index (χ3v) is 4.54. The summed E-state index contributed by atoms with van der Waals surface area (Å²) in [6.07, 6.45) is 3.16. The molecule has 144 valence electrons. The fraction of sp³-hybridized carbons (Fsp3) is 0.0476. The zero-order valence-corrected chi connectivity index (χ0v) is 15.9. The van der Waals surface area contributed by atoms with Gasteiger partial charge in [0.1, 0.15) is 5.82 Å². The molecule has 0 unspecified atom stereocenters. The molecule has 0 fully saturated rings. The smallest absolute Gasteiger partial charge is 0.337 e. The lowest BCUT2D eigenvalue weighted by molar-refractivity contribution is 0.0601. The van der Waals surface area contributed by atoms with E-state index in [0.717, 1.165) is 5.39 Å². The quantitative estimate of drug-likeness (QED) is 0.478. The van der Waals surface area contributed by atoms with Crippen molar-refractivity contribution in [3.05, 3.63) is 77.3 Å². The van der Waals surface area contributed by atoms with Crippen molar-refractivity contribution in [1.29, 1.82) is 0 Å². The van der Waals surface area contributed by atoms with Crippen LogP contribution in [0.5, 0.6) is 0 Å². The number of benzene rings is 2. The first-order chi connectivity index (χ1) is 14.0. The predicted molar refractivity (Wildman–Crippen MR) is 109 cm³/mol. The highest BCUT2D eigenvalue weighted by Gasteiger charge is 2.12. The molecule has 2 heterocycles. The van der Waals surface area contributed by atoms with Crippen molar-refractivity contribution in [3.8, 4) is 11.3 Å². The molecule has 0 aliphatic heterocycles. The number of hydrogen-bond acceptors (Lipinski definition) is 6. The van der Waals surface area contributed by atoms with Gasteiger partial charge in [-0.15, -0.1) is 0 Å². The van der Waals surface area contributed by atoms with Crippen LogP contribution in [0.4, 0.5) is 15.8 Å². The van der Waals surface area contributed by atoms with Gasteiger partial charge in [-0.05, 0) is 48.5 Å². The molecule has 6 nitrogen and oxygen atoms in total. The minimum atomic E-state index is -0.446. The van der Waals surface area contributed by atoms with E-state index in [-0.39, 0.29) is 5.56 Å². The maximum atomic E-state index is 14.2. The number of esters is 1. The molecule has 2 aromatic heterocycles. The van der Waals surface area contributed by atoms with Crippen molar-refractivity contribution < 1.29 is 13.9 Å². The average molecular weight is 409 g/mol. The minimum Gasteiger partial charge on any atom is -0.465 e. The van der Waals surface area contributed by atoms with Gasteiger partial charge in [0.2, 0.25) is 0 Å². The molecule has 29 heavy (non-hydrogen) atoms. The second-order valence-electron chi connectivity index (χ2n) is 6.16. The van der Waals surface area contributed by atoms with E-state index in [1.54, 1.807) is 36.5 Å². The van der Waals surface area contributed by atoms with Crippen LogP contribution in [0.25, 0.3) is 22.2 Å². The molecule has 1 N–H and O–H groups in total. The summed E-state index contributed by atoms with van der Waals surface area (Å²) in [5.41, 5.74) is 2.98. The average Bonchev–Trinajstić information content (AvgIpc) is 2.75. The Morgan fingerprint density at radius 1 is 1.14 bits per heavy atom. The number of fused-ring (bicyclic) bond motifs is 1. The normalized spacial score (nSPS) is 10.7. The van der Waals surface area contributed by atoms with Crippen molar-refractivity contribution >= 4 is 39.8 Å². The van der Waals surface area contributed by atoms with Gasteiger partial charge in [0.25, 0.3) is 0 Å². The molecule has 0 aliphatic carbocycles. The summed E-state index contributed by atoms with van der Waals surface area (Å²) in [7, 11) is 1.33. The Balaban J connectivity index is 1.74. The molecule has 0 atom stereocenters. The zero-order valence-electron chi connectivity index (χ0n) is 15.2. The summed E-state index contributed by atoms with van der Waals surface area (Å²) in [6, 6.07) is 12.8. The lowest BCUT2D eigenvalue weighted by Crippen LogP contribution is -2.02. The number of nitrogens with zero attached hydrogens (tertiary/aromatic N) is 3. The molecule has 0 spiro atoms. The minimum absolute atomic E-state index is 0.251. The van der Waals surface area contributed by atoms with Crippen LogP contribution >= 0.6 is 11.6 Å². The molecule has 0 radical (unpaired) electrons. The van der Waals surface area contributed by atoms with Gasteiger partial charge in [0, 0.05) is 27.9 Å². The Kier molecular flexibility index (Phi) is 5.05. The van der Waals surface area contributed by atoms with Gasteiger partial charge >= 0.3 is 5.97 Å². The molecule has 0 amide bonds. The van der Waals surface area contributed by atoms with Gasteiger partial charge in [0.05, 0.1) is 35.8 Å². The molecule has 4 aromatic rings. The summed E-state index contributed by atoms with van der Waals surface area (Å²) in [6.45, 7) is 0. The van der Waals surface area contributed by atoms with Gasteiger partial charge in [-0.3, -0.25) is 4.98 Å². The monoisotopic (exact) mass is 408 g/mol. The van der Waals surface area contributed by atoms with Crippen LogP contribution in [0.15, 0.2) is 60.9 Å². The number of carbonyl (C=O) groups is 1. The van der Waals surface area contributed by atoms with Crippen LogP contribution < -0.4 is 5.32 Å². The Morgan fingerprint density at radius 3 is 2.83 bits per heavy atom. The third-order valence-electron chi connectivity index (χ3n) is 4.30. The van der Waals surface area contributed by atoms with Crippen molar-refractivity contribution in [3.63, 3.8) is 0 Å². The summed E-state index contributed by atoms with van der Waals surface area (Å²) in [4.78, 5) is 16.2. The van der Waals surface area contributed by atoms with Crippen molar-refractivity contribution in [2.24, 2.45) is 0 Å². The van der Waals surface area contributed by atoms with Crippen LogP contribution in [-0.2, 0) is 4.74 Å². The number of aromatic nitrogens is 3. The number of anilines is 2. The number of hydrogen-bond donors (Lipinski definition) is 1. The van der Waals surface area contributed by atoms with Gasteiger partial charge in [-0.25, -0.2) is 9.18 Å². The first-order valence-electron chi connectivity index (χ1n) is 8.57. The van der Waals surface area contributed by atoms with Crippen LogP contribution in [0.1, 0.15) is 10.4 Å². The Morgan fingerprint density at radius 2 is 2.00 bits per heavy atom.